The summed E-state index contributed by atoms with van der Waals surface area (Å²) in [5.74, 6) is 0. The van der Waals surface area contributed by atoms with Crippen molar-refractivity contribution in [2.24, 2.45) is 5.73 Å². The molecule has 0 spiro atoms. The summed E-state index contributed by atoms with van der Waals surface area (Å²) in [6, 6.07) is 6.54. The third-order valence-corrected chi connectivity index (χ3v) is 4.18. The van der Waals surface area contributed by atoms with Gasteiger partial charge in [-0.1, -0.05) is 29.8 Å². The van der Waals surface area contributed by atoms with Crippen molar-refractivity contribution in [2.45, 2.75) is 18.6 Å². The summed E-state index contributed by atoms with van der Waals surface area (Å²) in [7, 11) is 0. The van der Waals surface area contributed by atoms with Gasteiger partial charge in [0.2, 0.25) is 0 Å². The summed E-state index contributed by atoms with van der Waals surface area (Å²) in [5, 5.41) is 2.37. The number of hydrogen-bond acceptors (Lipinski definition) is 2. The van der Waals surface area contributed by atoms with Crippen LogP contribution in [0.5, 0.6) is 0 Å². The molecule has 0 aliphatic rings. The zero-order valence-corrected chi connectivity index (χ0v) is 11.3. The summed E-state index contributed by atoms with van der Waals surface area (Å²) < 4.78 is 37.8. The average Bonchev–Trinajstić information content (AvgIpc) is 2.75. The minimum absolute atomic E-state index is 0.324. The van der Waals surface area contributed by atoms with Gasteiger partial charge >= 0.3 is 6.18 Å². The van der Waals surface area contributed by atoms with Crippen LogP contribution in [0.25, 0.3) is 0 Å². The summed E-state index contributed by atoms with van der Waals surface area (Å²) in [5.41, 5.74) is 5.87. The first-order chi connectivity index (χ1) is 8.88. The molecule has 102 valence electrons. The fourth-order valence-corrected chi connectivity index (χ4v) is 2.99. The van der Waals surface area contributed by atoms with E-state index in [4.69, 9.17) is 17.3 Å². The van der Waals surface area contributed by atoms with E-state index in [9.17, 15) is 13.2 Å². The molecule has 0 fully saturated rings. The van der Waals surface area contributed by atoms with Crippen molar-refractivity contribution < 1.29 is 13.2 Å². The van der Waals surface area contributed by atoms with Gasteiger partial charge in [0, 0.05) is 10.9 Å². The van der Waals surface area contributed by atoms with Crippen LogP contribution in [0.4, 0.5) is 13.2 Å². The molecule has 0 aliphatic heterocycles. The van der Waals surface area contributed by atoms with Gasteiger partial charge in [0.05, 0.1) is 10.6 Å². The Balaban J connectivity index is 2.18. The van der Waals surface area contributed by atoms with Crippen molar-refractivity contribution in [3.05, 3.63) is 56.7 Å². The predicted octanol–water partition coefficient (Wildman–Crippen LogP) is 4.66. The molecule has 2 rings (SSSR count). The number of hydrogen-bond donors (Lipinski definition) is 1. The predicted molar refractivity (Wildman–Crippen MR) is 71.4 cm³/mol. The van der Waals surface area contributed by atoms with Gasteiger partial charge in [-0.15, -0.1) is 11.3 Å². The lowest BCUT2D eigenvalue weighted by Crippen LogP contribution is -2.13. The monoisotopic (exact) mass is 305 g/mol. The lowest BCUT2D eigenvalue weighted by molar-refractivity contribution is -0.137. The molecule has 0 saturated carbocycles. The Kier molecular flexibility index (Phi) is 4.18. The second-order valence-electron chi connectivity index (χ2n) is 4.14. The highest BCUT2D eigenvalue weighted by atomic mass is 35.5. The molecule has 1 heterocycles. The highest BCUT2D eigenvalue weighted by Gasteiger charge is 2.30. The molecule has 0 aliphatic carbocycles. The largest absolute Gasteiger partial charge is 0.416 e. The van der Waals surface area contributed by atoms with E-state index in [1.165, 1.54) is 17.4 Å². The molecule has 1 aromatic heterocycles. The molecule has 1 unspecified atom stereocenters. The van der Waals surface area contributed by atoms with Gasteiger partial charge in [-0.05, 0) is 29.5 Å². The number of benzene rings is 1. The van der Waals surface area contributed by atoms with E-state index in [1.54, 1.807) is 12.1 Å². The van der Waals surface area contributed by atoms with Crippen molar-refractivity contribution in [2.75, 3.05) is 0 Å². The second kappa shape index (κ2) is 5.53. The van der Waals surface area contributed by atoms with Crippen molar-refractivity contribution in [1.82, 2.24) is 0 Å². The SMILES string of the molecule is NC(Cc1cccc(C(F)(F)F)c1)c1sccc1Cl. The Morgan fingerprint density at radius 1 is 1.26 bits per heavy atom. The molecule has 0 radical (unpaired) electrons. The van der Waals surface area contributed by atoms with E-state index in [0.717, 1.165) is 17.0 Å². The van der Waals surface area contributed by atoms with Gasteiger partial charge < -0.3 is 5.73 Å². The molecule has 0 bridgehead atoms. The highest BCUT2D eigenvalue weighted by molar-refractivity contribution is 7.10. The van der Waals surface area contributed by atoms with Crippen LogP contribution in [0.15, 0.2) is 35.7 Å². The maximum absolute atomic E-state index is 12.6. The number of rotatable bonds is 3. The van der Waals surface area contributed by atoms with Gasteiger partial charge in [0.1, 0.15) is 0 Å². The first-order valence-electron chi connectivity index (χ1n) is 5.52. The summed E-state index contributed by atoms with van der Waals surface area (Å²) in [6.07, 6.45) is -4.01. The number of thiophene rings is 1. The lowest BCUT2D eigenvalue weighted by Gasteiger charge is -2.12. The quantitative estimate of drug-likeness (QED) is 0.876. The van der Waals surface area contributed by atoms with Crippen molar-refractivity contribution in [1.29, 1.82) is 0 Å². The molecule has 1 nitrogen and oxygen atoms in total. The number of nitrogens with two attached hydrogens (primary N) is 1. The molecule has 1 aromatic carbocycles. The van der Waals surface area contributed by atoms with Crippen LogP contribution >= 0.6 is 22.9 Å². The average molecular weight is 306 g/mol. The van der Waals surface area contributed by atoms with E-state index < -0.39 is 17.8 Å². The molecule has 0 amide bonds. The van der Waals surface area contributed by atoms with Gasteiger partial charge in [-0.25, -0.2) is 0 Å². The van der Waals surface area contributed by atoms with Crippen LogP contribution in [-0.4, -0.2) is 0 Å². The standard InChI is InChI=1S/C13H11ClF3NS/c14-10-4-5-19-12(10)11(18)7-8-2-1-3-9(6-8)13(15,16)17/h1-6,11H,7,18H2. The molecular formula is C13H11ClF3NS. The first-order valence-corrected chi connectivity index (χ1v) is 6.78. The highest BCUT2D eigenvalue weighted by Crippen LogP contribution is 2.32. The topological polar surface area (TPSA) is 26.0 Å². The Hall–Kier alpha value is -1.04. The van der Waals surface area contributed by atoms with E-state index >= 15 is 0 Å². The van der Waals surface area contributed by atoms with Gasteiger partial charge in [-0.3, -0.25) is 0 Å². The Bertz CT molecular complexity index is 565. The van der Waals surface area contributed by atoms with E-state index in [0.29, 0.717) is 17.0 Å². The van der Waals surface area contributed by atoms with E-state index in [1.807, 2.05) is 5.38 Å². The fraction of sp³-hybridized carbons (Fsp3) is 0.231. The molecule has 1 atom stereocenters. The number of alkyl halides is 3. The third-order valence-electron chi connectivity index (χ3n) is 2.69. The maximum atomic E-state index is 12.6. The zero-order valence-electron chi connectivity index (χ0n) is 9.75. The molecular weight excluding hydrogens is 295 g/mol. The summed E-state index contributed by atoms with van der Waals surface area (Å²) in [4.78, 5) is 0.791. The van der Waals surface area contributed by atoms with Crippen LogP contribution < -0.4 is 5.73 Å². The summed E-state index contributed by atoms with van der Waals surface area (Å²) in [6.45, 7) is 0. The summed E-state index contributed by atoms with van der Waals surface area (Å²) >= 11 is 7.36. The Morgan fingerprint density at radius 3 is 2.58 bits per heavy atom. The van der Waals surface area contributed by atoms with Crippen LogP contribution in [0.1, 0.15) is 22.0 Å². The van der Waals surface area contributed by atoms with Crippen molar-refractivity contribution in [3.8, 4) is 0 Å². The third kappa shape index (κ3) is 3.49. The molecule has 2 N–H and O–H groups in total. The van der Waals surface area contributed by atoms with E-state index in [-0.39, 0.29) is 0 Å². The normalized spacial score (nSPS) is 13.5. The Labute approximate surface area is 117 Å². The van der Waals surface area contributed by atoms with Gasteiger partial charge in [0.15, 0.2) is 0 Å². The van der Waals surface area contributed by atoms with E-state index in [2.05, 4.69) is 0 Å². The smallest absolute Gasteiger partial charge is 0.323 e. The lowest BCUT2D eigenvalue weighted by atomic mass is 10.0. The maximum Gasteiger partial charge on any atom is 0.416 e. The van der Waals surface area contributed by atoms with Crippen LogP contribution in [0.2, 0.25) is 5.02 Å². The Morgan fingerprint density at radius 2 is 2.00 bits per heavy atom. The van der Waals surface area contributed by atoms with Gasteiger partial charge in [0.25, 0.3) is 0 Å². The van der Waals surface area contributed by atoms with Crippen molar-refractivity contribution >= 4 is 22.9 Å². The molecule has 6 heteroatoms. The first kappa shape index (κ1) is 14.4. The minimum atomic E-state index is -4.33. The fourth-order valence-electron chi connectivity index (χ4n) is 1.79. The van der Waals surface area contributed by atoms with Crippen molar-refractivity contribution in [3.63, 3.8) is 0 Å². The number of halogens is 4. The van der Waals surface area contributed by atoms with Crippen LogP contribution in [0, 0.1) is 0 Å². The molecule has 2 aromatic rings. The van der Waals surface area contributed by atoms with Crippen LogP contribution in [0.3, 0.4) is 0 Å². The second-order valence-corrected chi connectivity index (χ2v) is 5.50. The minimum Gasteiger partial charge on any atom is -0.323 e. The molecule has 19 heavy (non-hydrogen) atoms. The van der Waals surface area contributed by atoms with Gasteiger partial charge in [-0.2, -0.15) is 13.2 Å². The zero-order chi connectivity index (χ0) is 14.0. The van der Waals surface area contributed by atoms with Crippen LogP contribution in [-0.2, 0) is 12.6 Å². The molecule has 0 saturated heterocycles.